The van der Waals surface area contributed by atoms with Crippen LogP contribution in [-0.4, -0.2) is 17.0 Å². The Kier molecular flexibility index (Phi) is 3.20. The van der Waals surface area contributed by atoms with E-state index in [0.29, 0.717) is 12.0 Å². The molecule has 2 aromatic rings. The predicted octanol–water partition coefficient (Wildman–Crippen LogP) is 3.20. The summed E-state index contributed by atoms with van der Waals surface area (Å²) < 4.78 is 0. The first-order valence-corrected chi connectivity index (χ1v) is 6.78. The summed E-state index contributed by atoms with van der Waals surface area (Å²) >= 11 is 0. The first-order chi connectivity index (χ1) is 10.1. The van der Waals surface area contributed by atoms with Crippen LogP contribution in [0.5, 0.6) is 0 Å². The van der Waals surface area contributed by atoms with E-state index >= 15 is 0 Å². The van der Waals surface area contributed by atoms with E-state index in [4.69, 9.17) is 0 Å². The molecule has 1 aliphatic rings. The fraction of sp³-hybridized carbons (Fsp3) is 0.167. The minimum Gasteiger partial charge on any atom is -0.481 e. The van der Waals surface area contributed by atoms with Crippen molar-refractivity contribution in [1.29, 1.82) is 0 Å². The number of benzene rings is 2. The molecule has 1 aliphatic carbocycles. The Morgan fingerprint density at radius 3 is 2.57 bits per heavy atom. The average Bonchev–Trinajstić information content (AvgIpc) is 2.86. The zero-order valence-corrected chi connectivity index (χ0v) is 11.6. The van der Waals surface area contributed by atoms with Crippen molar-refractivity contribution in [3.63, 3.8) is 0 Å². The first kappa shape index (κ1) is 13.3. The third kappa shape index (κ3) is 2.08. The number of carboxylic acids is 1. The van der Waals surface area contributed by atoms with Gasteiger partial charge in [0.1, 0.15) is 11.9 Å². The summed E-state index contributed by atoms with van der Waals surface area (Å²) in [6.45, 7) is 1.52. The van der Waals surface area contributed by atoms with Gasteiger partial charge in [-0.1, -0.05) is 42.5 Å². The van der Waals surface area contributed by atoms with Crippen molar-refractivity contribution < 1.29 is 14.7 Å². The highest BCUT2D eigenvalue weighted by atomic mass is 16.4. The number of carboxylic acid groups (broad SMARTS) is 1. The number of hydrogen-bond donors (Lipinski definition) is 1. The van der Waals surface area contributed by atoms with Crippen LogP contribution in [0.15, 0.2) is 48.0 Å². The highest BCUT2D eigenvalue weighted by Crippen LogP contribution is 2.41. The van der Waals surface area contributed by atoms with E-state index < -0.39 is 11.9 Å². The monoisotopic (exact) mass is 278 g/mol. The van der Waals surface area contributed by atoms with Gasteiger partial charge in [0, 0.05) is 5.57 Å². The van der Waals surface area contributed by atoms with Gasteiger partial charge in [-0.25, -0.2) is 4.79 Å². The van der Waals surface area contributed by atoms with Crippen LogP contribution < -0.4 is 0 Å². The van der Waals surface area contributed by atoms with Gasteiger partial charge in [0.25, 0.3) is 0 Å². The standard InChI is InChI=1S/C18H14O3/c1-11(10-19)17(18(20)21)15-8-4-7-14-13-6-3-2-5-12(13)9-16(14)15/h2-8,17H,9H2,1H3,(H,20,21). The summed E-state index contributed by atoms with van der Waals surface area (Å²) in [7, 11) is 0. The maximum Gasteiger partial charge on any atom is 0.315 e. The molecule has 1 N–H and O–H groups in total. The van der Waals surface area contributed by atoms with E-state index in [9.17, 15) is 14.7 Å². The molecule has 104 valence electrons. The van der Waals surface area contributed by atoms with Crippen LogP contribution in [0.2, 0.25) is 0 Å². The highest BCUT2D eigenvalue weighted by molar-refractivity contribution is 5.87. The van der Waals surface area contributed by atoms with E-state index in [1.54, 1.807) is 12.0 Å². The largest absolute Gasteiger partial charge is 0.481 e. The van der Waals surface area contributed by atoms with E-state index in [1.165, 1.54) is 12.5 Å². The fourth-order valence-electron chi connectivity index (χ4n) is 3.06. The highest BCUT2D eigenvalue weighted by Gasteiger charge is 2.29. The molecule has 3 heteroatoms. The summed E-state index contributed by atoms with van der Waals surface area (Å²) in [5.41, 5.74) is 5.29. The predicted molar refractivity (Wildman–Crippen MR) is 79.9 cm³/mol. The summed E-state index contributed by atoms with van der Waals surface area (Å²) in [5, 5.41) is 9.48. The smallest absolute Gasteiger partial charge is 0.315 e. The van der Waals surface area contributed by atoms with Crippen LogP contribution in [-0.2, 0) is 16.0 Å². The number of fused-ring (bicyclic) bond motifs is 3. The Balaban J connectivity index is 2.20. The fourth-order valence-corrected chi connectivity index (χ4v) is 3.06. The van der Waals surface area contributed by atoms with Crippen LogP contribution in [0.25, 0.3) is 11.1 Å². The molecule has 0 fully saturated rings. The Hall–Kier alpha value is -2.64. The normalized spacial score (nSPS) is 13.0. The molecule has 0 saturated heterocycles. The maximum atomic E-state index is 11.6. The molecule has 0 aromatic heterocycles. The lowest BCUT2D eigenvalue weighted by Gasteiger charge is -2.15. The quantitative estimate of drug-likeness (QED) is 0.748. The molecule has 3 nitrogen and oxygen atoms in total. The maximum absolute atomic E-state index is 11.6. The molecule has 0 bridgehead atoms. The molecular weight excluding hydrogens is 264 g/mol. The number of carbonyl (C=O) groups is 1. The number of aliphatic carboxylic acids is 1. The van der Waals surface area contributed by atoms with Crippen molar-refractivity contribution in [2.24, 2.45) is 0 Å². The number of rotatable bonds is 3. The molecule has 0 saturated carbocycles. The summed E-state index contributed by atoms with van der Waals surface area (Å²) in [5.74, 6) is -0.195. The van der Waals surface area contributed by atoms with Crippen molar-refractivity contribution in [1.82, 2.24) is 0 Å². The lowest BCUT2D eigenvalue weighted by molar-refractivity contribution is -0.137. The van der Waals surface area contributed by atoms with Crippen LogP contribution in [0.3, 0.4) is 0 Å². The molecule has 0 heterocycles. The summed E-state index contributed by atoms with van der Waals surface area (Å²) in [6.07, 6.45) is 0.706. The SMILES string of the molecule is CC(=C=O)C(C(=O)O)c1cccc2c1Cc1ccccc1-2. The van der Waals surface area contributed by atoms with Gasteiger partial charge in [0.15, 0.2) is 0 Å². The molecule has 1 atom stereocenters. The van der Waals surface area contributed by atoms with Crippen LogP contribution >= 0.6 is 0 Å². The minimum absolute atomic E-state index is 0.201. The van der Waals surface area contributed by atoms with Crippen molar-refractivity contribution in [3.05, 3.63) is 64.7 Å². The summed E-state index contributed by atoms with van der Waals surface area (Å²) in [4.78, 5) is 22.5. The van der Waals surface area contributed by atoms with Crippen molar-refractivity contribution in [3.8, 4) is 11.1 Å². The van der Waals surface area contributed by atoms with Crippen molar-refractivity contribution in [2.45, 2.75) is 19.3 Å². The molecule has 21 heavy (non-hydrogen) atoms. The zero-order valence-electron chi connectivity index (χ0n) is 11.6. The Labute approximate surface area is 122 Å². The van der Waals surface area contributed by atoms with E-state index in [1.807, 2.05) is 30.3 Å². The van der Waals surface area contributed by atoms with Crippen LogP contribution in [0, 0.1) is 0 Å². The third-order valence-corrected chi connectivity index (χ3v) is 4.04. The molecule has 3 rings (SSSR count). The second-order valence-corrected chi connectivity index (χ2v) is 5.26. The zero-order chi connectivity index (χ0) is 15.0. The second kappa shape index (κ2) is 5.04. The van der Waals surface area contributed by atoms with Crippen molar-refractivity contribution >= 4 is 11.9 Å². The number of carbonyl (C=O) groups excluding carboxylic acids is 1. The van der Waals surface area contributed by atoms with E-state index in [-0.39, 0.29) is 5.57 Å². The van der Waals surface area contributed by atoms with E-state index in [0.717, 1.165) is 16.7 Å². The second-order valence-electron chi connectivity index (χ2n) is 5.26. The molecule has 2 aromatic carbocycles. The lowest BCUT2D eigenvalue weighted by atomic mass is 9.87. The Morgan fingerprint density at radius 1 is 1.14 bits per heavy atom. The van der Waals surface area contributed by atoms with Gasteiger partial charge in [0.05, 0.1) is 0 Å². The summed E-state index contributed by atoms with van der Waals surface area (Å²) in [6, 6.07) is 13.7. The average molecular weight is 278 g/mol. The van der Waals surface area contributed by atoms with Gasteiger partial charge < -0.3 is 5.11 Å². The number of hydrogen-bond acceptors (Lipinski definition) is 2. The van der Waals surface area contributed by atoms with Crippen LogP contribution in [0.4, 0.5) is 0 Å². The topological polar surface area (TPSA) is 54.4 Å². The van der Waals surface area contributed by atoms with Gasteiger partial charge in [-0.2, -0.15) is 0 Å². The van der Waals surface area contributed by atoms with E-state index in [2.05, 4.69) is 6.07 Å². The lowest BCUT2D eigenvalue weighted by Crippen LogP contribution is -2.15. The first-order valence-electron chi connectivity index (χ1n) is 6.78. The minimum atomic E-state index is -1.01. The Bertz CT molecular complexity index is 783. The molecule has 0 amide bonds. The van der Waals surface area contributed by atoms with Crippen LogP contribution in [0.1, 0.15) is 29.5 Å². The van der Waals surface area contributed by atoms with Gasteiger partial charge in [-0.3, -0.25) is 4.79 Å². The molecule has 1 unspecified atom stereocenters. The Morgan fingerprint density at radius 2 is 1.86 bits per heavy atom. The van der Waals surface area contributed by atoms with Gasteiger partial charge in [-0.15, -0.1) is 0 Å². The molecule has 0 radical (unpaired) electrons. The van der Waals surface area contributed by atoms with Gasteiger partial charge >= 0.3 is 5.97 Å². The molecular formula is C18H14O3. The molecule has 0 spiro atoms. The van der Waals surface area contributed by atoms with Gasteiger partial charge in [0.2, 0.25) is 0 Å². The van der Waals surface area contributed by atoms with Crippen molar-refractivity contribution in [2.75, 3.05) is 0 Å². The third-order valence-electron chi connectivity index (χ3n) is 4.04. The molecule has 0 aliphatic heterocycles. The van der Waals surface area contributed by atoms with Gasteiger partial charge in [-0.05, 0) is 41.2 Å².